The normalized spacial score (nSPS) is 22.1. The standard InChI is InChI=1S/C26H25F5N2O3/c27-20-12-18(26(29,30)31)8-9-19(20)22(15-6-7-15)32-23(34)21-5-2-10-33(21)24(35)16-3-1-4-17(11-16)25(28)13-36-14-25/h1,3-4,8-9,11-12,15,21-22H,2,5-7,10,13-14H2,(H,32,34)/t21-,22?/m1/s1. The zero-order valence-corrected chi connectivity index (χ0v) is 19.3. The summed E-state index contributed by atoms with van der Waals surface area (Å²) < 4.78 is 73.3. The molecular weight excluding hydrogens is 483 g/mol. The lowest BCUT2D eigenvalue weighted by molar-refractivity contribution is -0.137. The van der Waals surface area contributed by atoms with E-state index in [1.54, 1.807) is 18.2 Å². The van der Waals surface area contributed by atoms with Crippen LogP contribution in [0.5, 0.6) is 0 Å². The highest BCUT2D eigenvalue weighted by Gasteiger charge is 2.43. The monoisotopic (exact) mass is 508 g/mol. The van der Waals surface area contributed by atoms with Crippen molar-refractivity contribution in [3.63, 3.8) is 0 Å². The van der Waals surface area contributed by atoms with Crippen LogP contribution in [-0.2, 0) is 21.4 Å². The molecule has 2 aromatic carbocycles. The number of nitrogens with zero attached hydrogens (tertiary/aromatic N) is 1. The summed E-state index contributed by atoms with van der Waals surface area (Å²) in [5, 5.41) is 2.80. The number of amides is 2. The van der Waals surface area contributed by atoms with Crippen molar-refractivity contribution in [3.05, 3.63) is 70.5 Å². The molecule has 3 aliphatic rings. The third-order valence-electron chi connectivity index (χ3n) is 7.16. The van der Waals surface area contributed by atoms with E-state index >= 15 is 0 Å². The molecule has 0 spiro atoms. The number of likely N-dealkylation sites (tertiary alicyclic amines) is 1. The summed E-state index contributed by atoms with van der Waals surface area (Å²) in [6.45, 7) is 0.165. The molecule has 2 aromatic rings. The van der Waals surface area contributed by atoms with E-state index in [1.807, 2.05) is 0 Å². The summed E-state index contributed by atoms with van der Waals surface area (Å²) in [5.74, 6) is -2.02. The number of nitrogens with one attached hydrogen (secondary N) is 1. The fourth-order valence-electron chi connectivity index (χ4n) is 4.91. The fourth-order valence-corrected chi connectivity index (χ4v) is 4.91. The highest BCUT2D eigenvalue weighted by atomic mass is 19.4. The second-order valence-electron chi connectivity index (χ2n) is 9.75. The maximum Gasteiger partial charge on any atom is 0.416 e. The van der Waals surface area contributed by atoms with E-state index in [-0.39, 0.29) is 30.3 Å². The number of alkyl halides is 4. The van der Waals surface area contributed by atoms with Gasteiger partial charge in [-0.15, -0.1) is 0 Å². The van der Waals surface area contributed by atoms with E-state index in [4.69, 9.17) is 4.74 Å². The maximum absolute atomic E-state index is 14.8. The summed E-state index contributed by atoms with van der Waals surface area (Å²) in [6.07, 6.45) is -2.29. The Bertz CT molecular complexity index is 1180. The Balaban J connectivity index is 1.33. The molecule has 36 heavy (non-hydrogen) atoms. The minimum absolute atomic E-state index is 0.00149. The number of hydrogen-bond acceptors (Lipinski definition) is 3. The SMILES string of the molecule is O=C(NC(c1ccc(C(F)(F)F)cc1F)C1CC1)[C@H]1CCCN1C(=O)c1cccc(C2(F)COC2)c1. The number of benzene rings is 2. The summed E-state index contributed by atoms with van der Waals surface area (Å²) in [7, 11) is 0. The highest BCUT2D eigenvalue weighted by Crippen LogP contribution is 2.43. The molecule has 0 bridgehead atoms. The molecule has 0 aromatic heterocycles. The minimum atomic E-state index is -4.67. The van der Waals surface area contributed by atoms with Gasteiger partial charge < -0.3 is 15.0 Å². The smallest absolute Gasteiger partial charge is 0.374 e. The number of carbonyl (C=O) groups excluding carboxylic acids is 2. The summed E-state index contributed by atoms with van der Waals surface area (Å²) >= 11 is 0. The summed E-state index contributed by atoms with van der Waals surface area (Å²) in [5.41, 5.74) is -2.14. The quantitative estimate of drug-likeness (QED) is 0.565. The van der Waals surface area contributed by atoms with E-state index in [2.05, 4.69) is 5.32 Å². The molecule has 2 saturated heterocycles. The lowest BCUT2D eigenvalue weighted by Gasteiger charge is -2.34. The van der Waals surface area contributed by atoms with E-state index in [0.717, 1.165) is 12.1 Å². The average Bonchev–Trinajstić information content (AvgIpc) is 3.55. The van der Waals surface area contributed by atoms with Crippen molar-refractivity contribution in [2.24, 2.45) is 5.92 Å². The van der Waals surface area contributed by atoms with Crippen LogP contribution in [0.1, 0.15) is 58.8 Å². The van der Waals surface area contributed by atoms with Crippen molar-refractivity contribution in [2.45, 2.75) is 49.6 Å². The van der Waals surface area contributed by atoms with Gasteiger partial charge in [0.25, 0.3) is 5.91 Å². The molecule has 5 nitrogen and oxygen atoms in total. The molecule has 192 valence electrons. The molecular formula is C26H25F5N2O3. The molecule has 2 heterocycles. The van der Waals surface area contributed by atoms with Gasteiger partial charge in [0.15, 0.2) is 5.67 Å². The number of hydrogen-bond donors (Lipinski definition) is 1. The van der Waals surface area contributed by atoms with E-state index in [0.29, 0.717) is 43.9 Å². The van der Waals surface area contributed by atoms with Crippen LogP contribution in [0.25, 0.3) is 0 Å². The number of halogens is 5. The molecule has 10 heteroatoms. The fraction of sp³-hybridized carbons (Fsp3) is 0.462. The van der Waals surface area contributed by atoms with Crippen LogP contribution in [0.2, 0.25) is 0 Å². The van der Waals surface area contributed by atoms with Gasteiger partial charge >= 0.3 is 6.18 Å². The molecule has 0 radical (unpaired) electrons. The Hall–Kier alpha value is -3.01. The molecule has 1 saturated carbocycles. The third-order valence-corrected chi connectivity index (χ3v) is 7.16. The van der Waals surface area contributed by atoms with Gasteiger partial charge in [0.2, 0.25) is 5.91 Å². The van der Waals surface area contributed by atoms with Crippen LogP contribution in [0.4, 0.5) is 22.0 Å². The van der Waals surface area contributed by atoms with Crippen LogP contribution in [0.3, 0.4) is 0 Å². The summed E-state index contributed by atoms with van der Waals surface area (Å²) in [6, 6.07) is 6.94. The van der Waals surface area contributed by atoms with Crippen LogP contribution >= 0.6 is 0 Å². The first-order valence-corrected chi connectivity index (χ1v) is 11.9. The van der Waals surface area contributed by atoms with Crippen LogP contribution < -0.4 is 5.32 Å². The van der Waals surface area contributed by atoms with Gasteiger partial charge in [-0.05, 0) is 61.4 Å². The Kier molecular flexibility index (Phi) is 6.26. The Morgan fingerprint density at radius 1 is 1.08 bits per heavy atom. The molecule has 5 rings (SSSR count). The first-order chi connectivity index (χ1) is 17.1. The zero-order chi connectivity index (χ0) is 25.7. The van der Waals surface area contributed by atoms with Gasteiger partial charge in [0, 0.05) is 17.7 Å². The Morgan fingerprint density at radius 2 is 1.83 bits per heavy atom. The predicted octanol–water partition coefficient (Wildman–Crippen LogP) is 4.91. The van der Waals surface area contributed by atoms with Gasteiger partial charge in [0.05, 0.1) is 24.8 Å². The summed E-state index contributed by atoms with van der Waals surface area (Å²) in [4.78, 5) is 27.9. The molecule has 2 aliphatic heterocycles. The molecule has 1 aliphatic carbocycles. The van der Waals surface area contributed by atoms with Crippen molar-refractivity contribution < 1.29 is 36.3 Å². The molecule has 2 amide bonds. The lowest BCUT2D eigenvalue weighted by Crippen LogP contribution is -2.47. The first-order valence-electron chi connectivity index (χ1n) is 11.9. The van der Waals surface area contributed by atoms with Gasteiger partial charge in [-0.25, -0.2) is 8.78 Å². The Morgan fingerprint density at radius 3 is 2.44 bits per heavy atom. The Labute approximate surface area is 204 Å². The molecule has 1 unspecified atom stereocenters. The number of carbonyl (C=O) groups is 2. The van der Waals surface area contributed by atoms with Gasteiger partial charge in [0.1, 0.15) is 11.9 Å². The van der Waals surface area contributed by atoms with E-state index in [1.165, 1.54) is 11.0 Å². The zero-order valence-electron chi connectivity index (χ0n) is 19.3. The number of ether oxygens (including phenoxy) is 1. The van der Waals surface area contributed by atoms with Crippen LogP contribution in [0.15, 0.2) is 42.5 Å². The van der Waals surface area contributed by atoms with Crippen LogP contribution in [0, 0.1) is 11.7 Å². The van der Waals surface area contributed by atoms with Crippen LogP contribution in [-0.4, -0.2) is 42.5 Å². The largest absolute Gasteiger partial charge is 0.416 e. The van der Waals surface area contributed by atoms with E-state index < -0.39 is 47.1 Å². The van der Waals surface area contributed by atoms with Crippen molar-refractivity contribution in [1.82, 2.24) is 10.2 Å². The predicted molar refractivity (Wildman–Crippen MR) is 119 cm³/mol. The van der Waals surface area contributed by atoms with Crippen molar-refractivity contribution in [3.8, 4) is 0 Å². The molecule has 2 atom stereocenters. The van der Waals surface area contributed by atoms with Gasteiger partial charge in [-0.2, -0.15) is 13.2 Å². The second kappa shape index (κ2) is 9.14. The number of rotatable bonds is 6. The average molecular weight is 508 g/mol. The van der Waals surface area contributed by atoms with Crippen molar-refractivity contribution >= 4 is 11.8 Å². The maximum atomic E-state index is 14.8. The first kappa shape index (κ1) is 24.7. The van der Waals surface area contributed by atoms with Crippen molar-refractivity contribution in [2.75, 3.05) is 19.8 Å². The van der Waals surface area contributed by atoms with Gasteiger partial charge in [-0.3, -0.25) is 9.59 Å². The molecule has 1 N–H and O–H groups in total. The molecule has 3 fully saturated rings. The minimum Gasteiger partial charge on any atom is -0.374 e. The van der Waals surface area contributed by atoms with Gasteiger partial charge in [-0.1, -0.05) is 18.2 Å². The topological polar surface area (TPSA) is 58.6 Å². The second-order valence-corrected chi connectivity index (χ2v) is 9.75. The van der Waals surface area contributed by atoms with E-state index in [9.17, 15) is 31.5 Å². The lowest BCUT2D eigenvalue weighted by atomic mass is 9.92. The van der Waals surface area contributed by atoms with Crippen molar-refractivity contribution in [1.29, 1.82) is 0 Å². The highest BCUT2D eigenvalue weighted by molar-refractivity contribution is 5.98. The third kappa shape index (κ3) is 4.70.